The van der Waals surface area contributed by atoms with Gasteiger partial charge in [-0.1, -0.05) is 19.1 Å². The van der Waals surface area contributed by atoms with Crippen LogP contribution >= 0.6 is 0 Å². The Morgan fingerprint density at radius 2 is 1.91 bits per heavy atom. The summed E-state index contributed by atoms with van der Waals surface area (Å²) in [6.07, 6.45) is 3.30. The van der Waals surface area contributed by atoms with Crippen molar-refractivity contribution < 1.29 is 4.79 Å². The summed E-state index contributed by atoms with van der Waals surface area (Å²) in [5.74, 6) is 0.209. The summed E-state index contributed by atoms with van der Waals surface area (Å²) in [6, 6.07) is 18.0. The molecule has 0 spiro atoms. The Morgan fingerprint density at radius 3 is 2.70 bits per heavy atom. The lowest BCUT2D eigenvalue weighted by atomic mass is 10.1. The van der Waals surface area contributed by atoms with E-state index in [0.717, 1.165) is 35.1 Å². The van der Waals surface area contributed by atoms with Crippen molar-refractivity contribution >= 4 is 22.4 Å². The van der Waals surface area contributed by atoms with Crippen molar-refractivity contribution in [1.29, 1.82) is 0 Å². The zero-order chi connectivity index (χ0) is 16.1. The first kappa shape index (κ1) is 15.2. The van der Waals surface area contributed by atoms with E-state index in [1.807, 2.05) is 49.5 Å². The van der Waals surface area contributed by atoms with Gasteiger partial charge in [0.1, 0.15) is 0 Å². The van der Waals surface area contributed by atoms with Crippen molar-refractivity contribution in [3.8, 4) is 0 Å². The van der Waals surface area contributed by atoms with Crippen LogP contribution in [-0.4, -0.2) is 10.8 Å². The number of aromatic nitrogens is 1. The van der Waals surface area contributed by atoms with Gasteiger partial charge in [-0.15, -0.1) is 0 Å². The minimum absolute atomic E-state index is 0.209. The third-order valence-electron chi connectivity index (χ3n) is 3.85. The molecule has 3 rings (SSSR count). The summed E-state index contributed by atoms with van der Waals surface area (Å²) in [5, 5.41) is 4.54. The van der Waals surface area contributed by atoms with Crippen molar-refractivity contribution in [3.05, 3.63) is 71.9 Å². The number of hydrogen-bond donors (Lipinski definition) is 1. The number of anilines is 1. The molecule has 3 aromatic rings. The number of hydrogen-bond acceptors (Lipinski definition) is 3. The number of carbonyl (C=O) groups excluding carboxylic acids is 1. The highest BCUT2D eigenvalue weighted by Crippen LogP contribution is 2.16. The van der Waals surface area contributed by atoms with Crippen LogP contribution in [0.1, 0.15) is 35.7 Å². The monoisotopic (exact) mass is 304 g/mol. The average molecular weight is 304 g/mol. The van der Waals surface area contributed by atoms with E-state index in [9.17, 15) is 4.79 Å². The molecule has 0 aliphatic heterocycles. The van der Waals surface area contributed by atoms with Crippen molar-refractivity contribution in [3.63, 3.8) is 0 Å². The summed E-state index contributed by atoms with van der Waals surface area (Å²) < 4.78 is 0. The van der Waals surface area contributed by atoms with E-state index < -0.39 is 0 Å². The summed E-state index contributed by atoms with van der Waals surface area (Å²) in [4.78, 5) is 16.2. The van der Waals surface area contributed by atoms with Gasteiger partial charge in [0.25, 0.3) is 0 Å². The molecule has 3 nitrogen and oxygen atoms in total. The van der Waals surface area contributed by atoms with Gasteiger partial charge in [0.15, 0.2) is 5.78 Å². The van der Waals surface area contributed by atoms with Crippen LogP contribution in [0.4, 0.5) is 5.69 Å². The largest absolute Gasteiger partial charge is 0.381 e. The molecule has 0 saturated carbocycles. The van der Waals surface area contributed by atoms with Gasteiger partial charge in [-0.2, -0.15) is 0 Å². The lowest BCUT2D eigenvalue weighted by Gasteiger charge is -2.08. The van der Waals surface area contributed by atoms with Gasteiger partial charge >= 0.3 is 0 Å². The number of nitrogens with zero attached hydrogens (tertiary/aromatic N) is 1. The molecule has 1 aromatic heterocycles. The molecule has 1 N–H and O–H groups in total. The van der Waals surface area contributed by atoms with Gasteiger partial charge < -0.3 is 5.32 Å². The first-order valence-corrected chi connectivity index (χ1v) is 7.97. The molecule has 116 valence electrons. The molecule has 0 unspecified atom stereocenters. The smallest absolute Gasteiger partial charge is 0.162 e. The molecule has 0 fully saturated rings. The van der Waals surface area contributed by atoms with E-state index >= 15 is 0 Å². The fourth-order valence-electron chi connectivity index (χ4n) is 2.58. The summed E-state index contributed by atoms with van der Waals surface area (Å²) >= 11 is 0. The quantitative estimate of drug-likeness (QED) is 0.663. The third kappa shape index (κ3) is 3.75. The van der Waals surface area contributed by atoms with Crippen molar-refractivity contribution in [2.75, 3.05) is 5.32 Å². The Balaban J connectivity index is 1.66. The van der Waals surface area contributed by atoms with Crippen LogP contribution in [0.3, 0.4) is 0 Å². The fourth-order valence-corrected chi connectivity index (χ4v) is 2.58. The number of ketones is 1. The normalized spacial score (nSPS) is 10.7. The van der Waals surface area contributed by atoms with E-state index in [4.69, 9.17) is 0 Å². The van der Waals surface area contributed by atoms with Crippen molar-refractivity contribution in [2.24, 2.45) is 0 Å². The molecule has 0 atom stereocenters. The maximum absolute atomic E-state index is 11.8. The summed E-state index contributed by atoms with van der Waals surface area (Å²) in [7, 11) is 0. The molecule has 3 heteroatoms. The van der Waals surface area contributed by atoms with E-state index in [-0.39, 0.29) is 5.78 Å². The highest BCUT2D eigenvalue weighted by atomic mass is 16.1. The highest BCUT2D eigenvalue weighted by molar-refractivity contribution is 5.96. The highest BCUT2D eigenvalue weighted by Gasteiger charge is 2.04. The van der Waals surface area contributed by atoms with Crippen LogP contribution < -0.4 is 5.32 Å². The van der Waals surface area contributed by atoms with E-state index in [1.165, 1.54) is 5.56 Å². The second kappa shape index (κ2) is 7.05. The second-order valence-electron chi connectivity index (χ2n) is 5.63. The number of fused-ring (bicyclic) bond motifs is 1. The first-order chi connectivity index (χ1) is 11.3. The molecule has 23 heavy (non-hydrogen) atoms. The molecule has 0 aliphatic rings. The van der Waals surface area contributed by atoms with Crippen LogP contribution in [0.25, 0.3) is 10.9 Å². The molecule has 0 radical (unpaired) electrons. The minimum atomic E-state index is 0.209. The zero-order valence-corrected chi connectivity index (χ0v) is 13.3. The number of Topliss-reactive ketones (excluding diaryl/α,β-unsaturated/α-hetero) is 1. The Kier molecular flexibility index (Phi) is 4.67. The number of rotatable bonds is 6. The van der Waals surface area contributed by atoms with Crippen LogP contribution in [0.15, 0.2) is 60.8 Å². The van der Waals surface area contributed by atoms with Crippen molar-refractivity contribution in [2.45, 2.75) is 26.3 Å². The van der Waals surface area contributed by atoms with E-state index in [2.05, 4.69) is 28.5 Å². The van der Waals surface area contributed by atoms with Crippen LogP contribution in [0.5, 0.6) is 0 Å². The molecule has 2 aromatic carbocycles. The maximum Gasteiger partial charge on any atom is 0.162 e. The van der Waals surface area contributed by atoms with Crippen molar-refractivity contribution in [1.82, 2.24) is 4.98 Å². The van der Waals surface area contributed by atoms with Gasteiger partial charge in [0.2, 0.25) is 0 Å². The van der Waals surface area contributed by atoms with Gasteiger partial charge in [-0.05, 0) is 54.4 Å². The molecular formula is C20H20N2O. The number of carbonyl (C=O) groups is 1. The van der Waals surface area contributed by atoms with Gasteiger partial charge in [0, 0.05) is 35.8 Å². The second-order valence-corrected chi connectivity index (χ2v) is 5.63. The summed E-state index contributed by atoms with van der Waals surface area (Å²) in [6.45, 7) is 2.76. The molecule has 0 bridgehead atoms. The number of nitrogens with one attached hydrogen (secondary N) is 1. The lowest BCUT2D eigenvalue weighted by molar-refractivity contribution is 0.0982. The molecular weight excluding hydrogens is 284 g/mol. The predicted molar refractivity (Wildman–Crippen MR) is 94.8 cm³/mol. The SMILES string of the molecule is CCCC(=O)c1ccc(NCc2ccc3ncccc3c2)cc1. The topological polar surface area (TPSA) is 42.0 Å². The third-order valence-corrected chi connectivity index (χ3v) is 3.85. The summed E-state index contributed by atoms with van der Waals surface area (Å²) in [5.41, 5.74) is 4.02. The maximum atomic E-state index is 11.8. The van der Waals surface area contributed by atoms with Gasteiger partial charge in [0.05, 0.1) is 5.52 Å². The Bertz CT molecular complexity index is 809. The molecule has 0 saturated heterocycles. The standard InChI is InChI=1S/C20H20N2O/c1-2-4-20(23)16-7-9-18(10-8-16)22-14-15-6-11-19-17(13-15)5-3-12-21-19/h3,5-13,22H,2,4,14H2,1H3. The predicted octanol–water partition coefficient (Wildman–Crippen LogP) is 4.83. The number of pyridine rings is 1. The zero-order valence-electron chi connectivity index (χ0n) is 13.3. The Morgan fingerprint density at radius 1 is 1.09 bits per heavy atom. The van der Waals surface area contributed by atoms with Gasteiger partial charge in [-0.25, -0.2) is 0 Å². The fraction of sp³-hybridized carbons (Fsp3) is 0.200. The average Bonchev–Trinajstić information content (AvgIpc) is 2.60. The molecule has 0 aliphatic carbocycles. The van der Waals surface area contributed by atoms with Crippen LogP contribution in [0, 0.1) is 0 Å². The Hall–Kier alpha value is -2.68. The molecule has 0 amide bonds. The van der Waals surface area contributed by atoms with Crippen LogP contribution in [-0.2, 0) is 6.54 Å². The minimum Gasteiger partial charge on any atom is -0.381 e. The number of benzene rings is 2. The Labute approximate surface area is 136 Å². The van der Waals surface area contributed by atoms with E-state index in [1.54, 1.807) is 0 Å². The first-order valence-electron chi connectivity index (χ1n) is 7.97. The van der Waals surface area contributed by atoms with Crippen LogP contribution in [0.2, 0.25) is 0 Å². The van der Waals surface area contributed by atoms with E-state index in [0.29, 0.717) is 6.42 Å². The molecule has 1 heterocycles. The lowest BCUT2D eigenvalue weighted by Crippen LogP contribution is -2.01. The van der Waals surface area contributed by atoms with Gasteiger partial charge in [-0.3, -0.25) is 9.78 Å².